The molecule has 1 amide bonds. The van der Waals surface area contributed by atoms with Gasteiger partial charge < -0.3 is 19.7 Å². The topological polar surface area (TPSA) is 85.7 Å². The summed E-state index contributed by atoms with van der Waals surface area (Å²) in [7, 11) is 0. The van der Waals surface area contributed by atoms with Crippen LogP contribution < -0.4 is 25.2 Å². The Morgan fingerprint density at radius 3 is 2.67 bits per heavy atom. The number of hydrogen-bond acceptors (Lipinski definition) is 6. The van der Waals surface area contributed by atoms with Gasteiger partial charge in [0.1, 0.15) is 0 Å². The van der Waals surface area contributed by atoms with E-state index in [0.29, 0.717) is 40.5 Å². The fraction of sp³-hybridized carbons (Fsp3) is 0.250. The number of fused-ring (bicyclic) bond motifs is 2. The molecule has 8 nitrogen and oxygen atoms in total. The number of hydrogen-bond donors (Lipinski definition) is 1. The minimum Gasteiger partial charge on any atom is -0.454 e. The predicted octanol–water partition coefficient (Wildman–Crippen LogP) is 3.95. The predicted molar refractivity (Wildman–Crippen MR) is 137 cm³/mol. The van der Waals surface area contributed by atoms with Crippen LogP contribution in [0.3, 0.4) is 0 Å². The van der Waals surface area contributed by atoms with Crippen molar-refractivity contribution in [3.05, 3.63) is 87.7 Å². The first kappa shape index (κ1) is 22.2. The van der Waals surface area contributed by atoms with E-state index in [1.54, 1.807) is 22.8 Å². The van der Waals surface area contributed by atoms with Crippen LogP contribution in [0, 0.1) is 6.92 Å². The Labute approximate surface area is 208 Å². The zero-order valence-electron chi connectivity index (χ0n) is 20.0. The molecule has 0 bridgehead atoms. The van der Waals surface area contributed by atoms with E-state index in [1.807, 2.05) is 49.4 Å². The number of carbonyl (C=O) groups excluding carboxylic acids is 1. The maximum Gasteiger partial charge on any atom is 0.267 e. The molecule has 0 spiro atoms. The summed E-state index contributed by atoms with van der Waals surface area (Å²) in [6.45, 7) is 4.25. The smallest absolute Gasteiger partial charge is 0.267 e. The highest BCUT2D eigenvalue weighted by Crippen LogP contribution is 2.32. The van der Waals surface area contributed by atoms with Crippen molar-refractivity contribution < 1.29 is 14.3 Å². The maximum absolute atomic E-state index is 13.7. The molecule has 1 N–H and O–H groups in total. The van der Waals surface area contributed by atoms with Gasteiger partial charge in [0.05, 0.1) is 16.6 Å². The van der Waals surface area contributed by atoms with Gasteiger partial charge >= 0.3 is 0 Å². The Morgan fingerprint density at radius 2 is 1.83 bits per heavy atom. The van der Waals surface area contributed by atoms with E-state index in [0.717, 1.165) is 42.7 Å². The van der Waals surface area contributed by atoms with Crippen molar-refractivity contribution in [1.82, 2.24) is 14.9 Å². The van der Waals surface area contributed by atoms with Gasteiger partial charge in [-0.3, -0.25) is 9.59 Å². The van der Waals surface area contributed by atoms with E-state index < -0.39 is 0 Å². The minimum atomic E-state index is -0.234. The van der Waals surface area contributed by atoms with Crippen LogP contribution in [0.15, 0.2) is 65.5 Å². The van der Waals surface area contributed by atoms with E-state index in [-0.39, 0.29) is 18.3 Å². The molecule has 0 unspecified atom stereocenters. The molecule has 0 saturated carbocycles. The Bertz CT molecular complexity index is 1540. The lowest BCUT2D eigenvalue weighted by Crippen LogP contribution is -2.30. The standard InChI is InChI=1S/C28H26N4O4/c1-18-5-4-6-21(13-18)32-27(34)22-9-8-20(15-23(22)30-28(32)31-11-2-3-12-31)26(33)29-16-19-7-10-24-25(14-19)36-17-35-24/h4-10,13-15H,2-3,11-12,16-17H2,1H3,(H,29,33). The third kappa shape index (κ3) is 4.04. The summed E-state index contributed by atoms with van der Waals surface area (Å²) in [5.41, 5.74) is 3.60. The van der Waals surface area contributed by atoms with E-state index in [2.05, 4.69) is 10.2 Å². The van der Waals surface area contributed by atoms with Crippen molar-refractivity contribution in [2.75, 3.05) is 24.8 Å². The number of carbonyl (C=O) groups is 1. The fourth-order valence-corrected chi connectivity index (χ4v) is 4.78. The molecule has 8 heteroatoms. The molecule has 2 aliphatic heterocycles. The third-order valence-electron chi connectivity index (χ3n) is 6.65. The van der Waals surface area contributed by atoms with Gasteiger partial charge in [-0.2, -0.15) is 0 Å². The molecule has 0 radical (unpaired) electrons. The highest BCUT2D eigenvalue weighted by molar-refractivity contribution is 5.97. The highest BCUT2D eigenvalue weighted by Gasteiger charge is 2.22. The molecule has 1 aromatic heterocycles. The van der Waals surface area contributed by atoms with E-state index in [1.165, 1.54) is 0 Å². The highest BCUT2D eigenvalue weighted by atomic mass is 16.7. The van der Waals surface area contributed by atoms with Crippen LogP contribution in [0.5, 0.6) is 11.5 Å². The zero-order chi connectivity index (χ0) is 24.6. The molecule has 36 heavy (non-hydrogen) atoms. The normalized spacial score (nSPS) is 14.4. The molecule has 1 fully saturated rings. The van der Waals surface area contributed by atoms with Gasteiger partial charge in [-0.1, -0.05) is 18.2 Å². The van der Waals surface area contributed by atoms with Crippen molar-refractivity contribution >= 4 is 22.8 Å². The summed E-state index contributed by atoms with van der Waals surface area (Å²) >= 11 is 0. The summed E-state index contributed by atoms with van der Waals surface area (Å²) in [5, 5.41) is 3.42. The number of ether oxygens (including phenoxy) is 2. The molecule has 2 aliphatic rings. The summed E-state index contributed by atoms with van der Waals surface area (Å²) in [4.78, 5) is 33.7. The van der Waals surface area contributed by atoms with Crippen LogP contribution in [0.1, 0.15) is 34.3 Å². The molecular weight excluding hydrogens is 456 g/mol. The van der Waals surface area contributed by atoms with Gasteiger partial charge in [-0.25, -0.2) is 9.55 Å². The molecule has 0 aliphatic carbocycles. The zero-order valence-corrected chi connectivity index (χ0v) is 20.0. The van der Waals surface area contributed by atoms with E-state index in [4.69, 9.17) is 14.5 Å². The molecule has 182 valence electrons. The van der Waals surface area contributed by atoms with Crippen LogP contribution in [0.25, 0.3) is 16.6 Å². The lowest BCUT2D eigenvalue weighted by Gasteiger charge is -2.22. The molecule has 1 saturated heterocycles. The third-order valence-corrected chi connectivity index (χ3v) is 6.65. The molecule has 4 aromatic rings. The number of nitrogens with zero attached hydrogens (tertiary/aromatic N) is 3. The van der Waals surface area contributed by atoms with Crippen LogP contribution >= 0.6 is 0 Å². The second-order valence-corrected chi connectivity index (χ2v) is 9.19. The van der Waals surface area contributed by atoms with Crippen molar-refractivity contribution in [3.8, 4) is 17.2 Å². The molecule has 6 rings (SSSR count). The number of anilines is 1. The first-order valence-electron chi connectivity index (χ1n) is 12.1. The Morgan fingerprint density at radius 1 is 1.00 bits per heavy atom. The van der Waals surface area contributed by atoms with Gasteiger partial charge in [0.25, 0.3) is 11.5 Å². The van der Waals surface area contributed by atoms with Gasteiger partial charge in [0.2, 0.25) is 12.7 Å². The number of amides is 1. The van der Waals surface area contributed by atoms with E-state index in [9.17, 15) is 9.59 Å². The number of nitrogens with one attached hydrogen (secondary N) is 1. The first-order chi connectivity index (χ1) is 17.6. The summed E-state index contributed by atoms with van der Waals surface area (Å²) in [6, 6.07) is 18.5. The summed E-state index contributed by atoms with van der Waals surface area (Å²) < 4.78 is 12.4. The van der Waals surface area contributed by atoms with Crippen molar-refractivity contribution in [1.29, 1.82) is 0 Å². The second-order valence-electron chi connectivity index (χ2n) is 9.19. The quantitative estimate of drug-likeness (QED) is 0.464. The summed E-state index contributed by atoms with van der Waals surface area (Å²) in [5.74, 6) is 1.77. The Kier molecular flexibility index (Phi) is 5.56. The lowest BCUT2D eigenvalue weighted by molar-refractivity contribution is 0.0951. The van der Waals surface area contributed by atoms with Crippen molar-refractivity contribution in [3.63, 3.8) is 0 Å². The minimum absolute atomic E-state index is 0.139. The van der Waals surface area contributed by atoms with Crippen molar-refractivity contribution in [2.45, 2.75) is 26.3 Å². The maximum atomic E-state index is 13.7. The van der Waals surface area contributed by atoms with Crippen molar-refractivity contribution in [2.24, 2.45) is 0 Å². The number of benzene rings is 3. The number of aryl methyl sites for hydroxylation is 1. The van der Waals surface area contributed by atoms with Gasteiger partial charge in [0, 0.05) is 25.2 Å². The van der Waals surface area contributed by atoms with Crippen LogP contribution in [-0.4, -0.2) is 35.3 Å². The second kappa shape index (κ2) is 9.03. The number of rotatable bonds is 5. The largest absolute Gasteiger partial charge is 0.454 e. The lowest BCUT2D eigenvalue weighted by atomic mass is 10.1. The molecule has 0 atom stereocenters. The molecule has 3 aromatic carbocycles. The molecular formula is C28H26N4O4. The SMILES string of the molecule is Cc1cccc(-n2c(N3CCCC3)nc3cc(C(=O)NCc4ccc5c(c4)OCO5)ccc3c2=O)c1. The Balaban J connectivity index is 1.34. The van der Waals surface area contributed by atoms with Crippen LogP contribution in [0.2, 0.25) is 0 Å². The fourth-order valence-electron chi connectivity index (χ4n) is 4.78. The average Bonchev–Trinajstić information content (AvgIpc) is 3.59. The monoisotopic (exact) mass is 482 g/mol. The van der Waals surface area contributed by atoms with Gasteiger partial charge in [0.15, 0.2) is 11.5 Å². The van der Waals surface area contributed by atoms with E-state index >= 15 is 0 Å². The first-order valence-corrected chi connectivity index (χ1v) is 12.1. The van der Waals surface area contributed by atoms with Crippen LogP contribution in [0.4, 0.5) is 5.95 Å². The molecule has 3 heterocycles. The Hall–Kier alpha value is -4.33. The van der Waals surface area contributed by atoms with Crippen LogP contribution in [-0.2, 0) is 6.54 Å². The average molecular weight is 483 g/mol. The number of aromatic nitrogens is 2. The van der Waals surface area contributed by atoms with Gasteiger partial charge in [-0.15, -0.1) is 0 Å². The summed E-state index contributed by atoms with van der Waals surface area (Å²) in [6.07, 6.45) is 2.12. The van der Waals surface area contributed by atoms with Gasteiger partial charge in [-0.05, 0) is 73.4 Å².